The SMILES string of the molecule is COc1c(NC2CC2C)nc[nH]c1=O. The molecule has 0 aliphatic heterocycles. The Morgan fingerprint density at radius 3 is 3.00 bits per heavy atom. The number of anilines is 1. The van der Waals surface area contributed by atoms with Crippen molar-refractivity contribution in [2.75, 3.05) is 12.4 Å². The lowest BCUT2D eigenvalue weighted by Crippen LogP contribution is -2.15. The molecule has 0 aromatic carbocycles. The molecule has 1 aromatic rings. The van der Waals surface area contributed by atoms with Gasteiger partial charge in [-0.1, -0.05) is 6.92 Å². The fourth-order valence-corrected chi connectivity index (χ4v) is 1.38. The maximum absolute atomic E-state index is 11.3. The van der Waals surface area contributed by atoms with Gasteiger partial charge in [-0.2, -0.15) is 0 Å². The van der Waals surface area contributed by atoms with Crippen molar-refractivity contribution in [2.45, 2.75) is 19.4 Å². The summed E-state index contributed by atoms with van der Waals surface area (Å²) in [6.07, 6.45) is 2.50. The lowest BCUT2D eigenvalue weighted by atomic mass is 10.4. The molecule has 0 saturated heterocycles. The molecule has 2 atom stereocenters. The highest BCUT2D eigenvalue weighted by Gasteiger charge is 2.33. The predicted octanol–water partition coefficient (Wildman–Crippen LogP) is 0.599. The van der Waals surface area contributed by atoms with Crippen molar-refractivity contribution in [2.24, 2.45) is 5.92 Å². The molecular formula is C9H13N3O2. The standard InChI is InChI=1S/C9H13N3O2/c1-5-3-6(5)12-8-7(14-2)9(13)11-4-10-8/h4-6H,3H2,1-2H3,(H2,10,11,12,13). The second-order valence-electron chi connectivity index (χ2n) is 3.58. The van der Waals surface area contributed by atoms with E-state index in [1.807, 2.05) is 0 Å². The quantitative estimate of drug-likeness (QED) is 0.741. The van der Waals surface area contributed by atoms with Crippen LogP contribution in [-0.4, -0.2) is 23.1 Å². The highest BCUT2D eigenvalue weighted by molar-refractivity contribution is 5.49. The minimum absolute atomic E-state index is 0.252. The van der Waals surface area contributed by atoms with E-state index < -0.39 is 0 Å². The molecule has 1 aliphatic rings. The summed E-state index contributed by atoms with van der Waals surface area (Å²) in [5.41, 5.74) is -0.252. The molecule has 2 N–H and O–H groups in total. The van der Waals surface area contributed by atoms with Crippen molar-refractivity contribution in [1.29, 1.82) is 0 Å². The first kappa shape index (κ1) is 9.05. The van der Waals surface area contributed by atoms with Crippen molar-refractivity contribution in [3.05, 3.63) is 16.7 Å². The van der Waals surface area contributed by atoms with Gasteiger partial charge in [-0.25, -0.2) is 4.98 Å². The Morgan fingerprint density at radius 2 is 2.43 bits per heavy atom. The Kier molecular flexibility index (Phi) is 2.15. The highest BCUT2D eigenvalue weighted by Crippen LogP contribution is 2.33. The van der Waals surface area contributed by atoms with Crippen molar-refractivity contribution >= 4 is 5.82 Å². The summed E-state index contributed by atoms with van der Waals surface area (Å²) < 4.78 is 4.97. The first-order valence-electron chi connectivity index (χ1n) is 4.60. The Morgan fingerprint density at radius 1 is 1.71 bits per heavy atom. The van der Waals surface area contributed by atoms with Crippen LogP contribution in [0.1, 0.15) is 13.3 Å². The van der Waals surface area contributed by atoms with E-state index >= 15 is 0 Å². The third-order valence-corrected chi connectivity index (χ3v) is 2.45. The van der Waals surface area contributed by atoms with Gasteiger partial charge in [0.2, 0.25) is 5.75 Å². The molecule has 1 aliphatic carbocycles. The zero-order valence-corrected chi connectivity index (χ0v) is 8.20. The van der Waals surface area contributed by atoms with Crippen LogP contribution in [0.5, 0.6) is 5.75 Å². The van der Waals surface area contributed by atoms with Gasteiger partial charge < -0.3 is 15.0 Å². The van der Waals surface area contributed by atoms with Gasteiger partial charge in [0, 0.05) is 6.04 Å². The number of nitrogens with zero attached hydrogens (tertiary/aromatic N) is 1. The first-order chi connectivity index (χ1) is 6.72. The van der Waals surface area contributed by atoms with Crippen molar-refractivity contribution < 1.29 is 4.74 Å². The lowest BCUT2D eigenvalue weighted by molar-refractivity contribution is 0.408. The molecule has 5 heteroatoms. The van der Waals surface area contributed by atoms with E-state index in [1.165, 1.54) is 13.4 Å². The van der Waals surface area contributed by atoms with Gasteiger partial charge in [-0.05, 0) is 12.3 Å². The Bertz CT molecular complexity index is 388. The Balaban J connectivity index is 2.23. The Labute approximate surface area is 81.5 Å². The molecule has 0 bridgehead atoms. The van der Waals surface area contributed by atoms with Crippen LogP contribution in [0.2, 0.25) is 0 Å². The summed E-state index contributed by atoms with van der Waals surface area (Å²) in [6.45, 7) is 2.15. The fourth-order valence-electron chi connectivity index (χ4n) is 1.38. The van der Waals surface area contributed by atoms with Gasteiger partial charge >= 0.3 is 0 Å². The number of aromatic nitrogens is 2. The van der Waals surface area contributed by atoms with Gasteiger partial charge in [0.1, 0.15) is 0 Å². The molecule has 2 unspecified atom stereocenters. The third kappa shape index (κ3) is 1.57. The normalized spacial score (nSPS) is 24.4. The van der Waals surface area contributed by atoms with Crippen LogP contribution in [-0.2, 0) is 0 Å². The highest BCUT2D eigenvalue weighted by atomic mass is 16.5. The number of hydrogen-bond acceptors (Lipinski definition) is 4. The summed E-state index contributed by atoms with van der Waals surface area (Å²) in [6, 6.07) is 0.429. The van der Waals surface area contributed by atoms with Crippen LogP contribution < -0.4 is 15.6 Å². The van der Waals surface area contributed by atoms with E-state index in [-0.39, 0.29) is 11.3 Å². The van der Waals surface area contributed by atoms with E-state index in [4.69, 9.17) is 4.74 Å². The minimum atomic E-state index is -0.252. The van der Waals surface area contributed by atoms with Crippen molar-refractivity contribution in [3.8, 4) is 5.75 Å². The number of ether oxygens (including phenoxy) is 1. The summed E-state index contributed by atoms with van der Waals surface area (Å²) in [4.78, 5) is 17.8. The largest absolute Gasteiger partial charge is 0.489 e. The van der Waals surface area contributed by atoms with Gasteiger partial charge in [-0.3, -0.25) is 4.79 Å². The average Bonchev–Trinajstić information content (AvgIpc) is 2.82. The number of nitrogens with one attached hydrogen (secondary N) is 2. The van der Waals surface area contributed by atoms with Crippen LogP contribution in [0.3, 0.4) is 0 Å². The fraction of sp³-hybridized carbons (Fsp3) is 0.556. The zero-order chi connectivity index (χ0) is 10.1. The summed E-state index contributed by atoms with van der Waals surface area (Å²) in [7, 11) is 1.47. The number of hydrogen-bond donors (Lipinski definition) is 2. The number of rotatable bonds is 3. The number of methoxy groups -OCH3 is 1. The maximum Gasteiger partial charge on any atom is 0.295 e. The van der Waals surface area contributed by atoms with E-state index in [9.17, 15) is 4.79 Å². The molecule has 0 radical (unpaired) electrons. The molecular weight excluding hydrogens is 182 g/mol. The van der Waals surface area contributed by atoms with E-state index in [1.54, 1.807) is 0 Å². The lowest BCUT2D eigenvalue weighted by Gasteiger charge is -2.07. The van der Waals surface area contributed by atoms with Crippen molar-refractivity contribution in [3.63, 3.8) is 0 Å². The van der Waals surface area contributed by atoms with E-state index in [0.717, 1.165) is 6.42 Å². The molecule has 1 aromatic heterocycles. The molecule has 1 heterocycles. The van der Waals surface area contributed by atoms with Crippen LogP contribution in [0, 0.1) is 5.92 Å². The molecule has 0 amide bonds. The number of H-pyrrole nitrogens is 1. The summed E-state index contributed by atoms with van der Waals surface area (Å²) in [5, 5.41) is 3.17. The molecule has 5 nitrogen and oxygen atoms in total. The average molecular weight is 195 g/mol. The summed E-state index contributed by atoms with van der Waals surface area (Å²) in [5.74, 6) is 1.44. The first-order valence-corrected chi connectivity index (χ1v) is 4.60. The van der Waals surface area contributed by atoms with E-state index in [2.05, 4.69) is 22.2 Å². The second kappa shape index (κ2) is 3.32. The van der Waals surface area contributed by atoms with Crippen LogP contribution >= 0.6 is 0 Å². The minimum Gasteiger partial charge on any atom is -0.489 e. The van der Waals surface area contributed by atoms with Gasteiger partial charge in [0.25, 0.3) is 5.56 Å². The van der Waals surface area contributed by atoms with Crippen LogP contribution in [0.15, 0.2) is 11.1 Å². The molecule has 2 rings (SSSR count). The zero-order valence-electron chi connectivity index (χ0n) is 8.20. The van der Waals surface area contributed by atoms with Crippen LogP contribution in [0.25, 0.3) is 0 Å². The maximum atomic E-state index is 11.3. The number of aromatic amines is 1. The predicted molar refractivity (Wildman–Crippen MR) is 52.6 cm³/mol. The van der Waals surface area contributed by atoms with Crippen molar-refractivity contribution in [1.82, 2.24) is 9.97 Å². The van der Waals surface area contributed by atoms with Gasteiger partial charge in [0.15, 0.2) is 5.82 Å². The van der Waals surface area contributed by atoms with Gasteiger partial charge in [-0.15, -0.1) is 0 Å². The topological polar surface area (TPSA) is 67.0 Å². The van der Waals surface area contributed by atoms with Crippen LogP contribution in [0.4, 0.5) is 5.82 Å². The van der Waals surface area contributed by atoms with E-state index in [0.29, 0.717) is 17.8 Å². The second-order valence-corrected chi connectivity index (χ2v) is 3.58. The molecule has 76 valence electrons. The molecule has 0 spiro atoms. The summed E-state index contributed by atoms with van der Waals surface area (Å²) >= 11 is 0. The van der Waals surface area contributed by atoms with Gasteiger partial charge in [0.05, 0.1) is 13.4 Å². The third-order valence-electron chi connectivity index (χ3n) is 2.45. The molecule has 1 fully saturated rings. The molecule has 1 saturated carbocycles. The monoisotopic (exact) mass is 195 g/mol. The smallest absolute Gasteiger partial charge is 0.295 e. The Hall–Kier alpha value is -1.52. The molecule has 14 heavy (non-hydrogen) atoms.